The molecular formula is C17H14F3N5. The van der Waals surface area contributed by atoms with Crippen LogP contribution in [0.2, 0.25) is 0 Å². The summed E-state index contributed by atoms with van der Waals surface area (Å²) in [6, 6.07) is 9.79. The molecule has 0 saturated heterocycles. The zero-order chi connectivity index (χ0) is 17.4. The molecule has 0 N–H and O–H groups in total. The third-order valence-corrected chi connectivity index (χ3v) is 4.34. The van der Waals surface area contributed by atoms with Crippen LogP contribution in [0, 0.1) is 17.5 Å². The van der Waals surface area contributed by atoms with Gasteiger partial charge in [-0.15, -0.1) is 5.10 Å². The standard InChI is InChI=1S/C17H14F3N5/c18-13-5-1-3-11(9-13)16-17-21-22-23-25(17)8-7-24(16)10-12-4-2-6-14(19)15(12)20/h1-6,9,16H,7-8,10H2. The average Bonchev–Trinajstić information content (AvgIpc) is 3.07. The van der Waals surface area contributed by atoms with Crippen molar-refractivity contribution in [1.82, 2.24) is 25.1 Å². The number of rotatable bonds is 3. The Hall–Kier alpha value is -2.74. The largest absolute Gasteiger partial charge is 0.283 e. The lowest BCUT2D eigenvalue weighted by molar-refractivity contribution is 0.161. The fraction of sp³-hybridized carbons (Fsp3) is 0.235. The second-order valence-electron chi connectivity index (χ2n) is 5.90. The molecule has 4 rings (SSSR count). The molecule has 5 nitrogen and oxygen atoms in total. The molecule has 2 aromatic carbocycles. The number of hydrogen-bond acceptors (Lipinski definition) is 4. The highest BCUT2D eigenvalue weighted by Crippen LogP contribution is 2.32. The molecule has 0 saturated carbocycles. The number of halogens is 3. The molecule has 0 bridgehead atoms. The average molecular weight is 345 g/mol. The number of hydrogen-bond donors (Lipinski definition) is 0. The number of aromatic nitrogens is 4. The van der Waals surface area contributed by atoms with E-state index in [0.717, 1.165) is 6.07 Å². The van der Waals surface area contributed by atoms with E-state index in [2.05, 4.69) is 15.5 Å². The molecular weight excluding hydrogens is 331 g/mol. The van der Waals surface area contributed by atoms with E-state index < -0.39 is 17.7 Å². The van der Waals surface area contributed by atoms with Crippen LogP contribution < -0.4 is 0 Å². The van der Waals surface area contributed by atoms with Gasteiger partial charge in [0.1, 0.15) is 5.82 Å². The van der Waals surface area contributed by atoms with Crippen LogP contribution in [0.3, 0.4) is 0 Å². The number of tetrazole rings is 1. The van der Waals surface area contributed by atoms with Crippen molar-refractivity contribution in [3.05, 3.63) is 76.9 Å². The van der Waals surface area contributed by atoms with Crippen molar-refractivity contribution in [2.24, 2.45) is 0 Å². The summed E-state index contributed by atoms with van der Waals surface area (Å²) in [5.74, 6) is -1.58. The highest BCUT2D eigenvalue weighted by Gasteiger charge is 2.32. The van der Waals surface area contributed by atoms with Gasteiger partial charge >= 0.3 is 0 Å². The van der Waals surface area contributed by atoms with Crippen LogP contribution in [0.15, 0.2) is 42.5 Å². The molecule has 0 spiro atoms. The van der Waals surface area contributed by atoms with E-state index >= 15 is 0 Å². The molecule has 1 aliphatic rings. The van der Waals surface area contributed by atoms with Gasteiger partial charge in [-0.1, -0.05) is 24.3 Å². The van der Waals surface area contributed by atoms with Crippen molar-refractivity contribution in [2.45, 2.75) is 19.1 Å². The maximum Gasteiger partial charge on any atom is 0.173 e. The van der Waals surface area contributed by atoms with E-state index in [9.17, 15) is 13.2 Å². The predicted molar refractivity (Wildman–Crippen MR) is 82.8 cm³/mol. The van der Waals surface area contributed by atoms with Crippen LogP contribution in [0.25, 0.3) is 0 Å². The minimum absolute atomic E-state index is 0.164. The van der Waals surface area contributed by atoms with Crippen LogP contribution in [0.5, 0.6) is 0 Å². The van der Waals surface area contributed by atoms with Crippen LogP contribution >= 0.6 is 0 Å². The second kappa shape index (κ2) is 6.29. The smallest absolute Gasteiger partial charge is 0.173 e. The fourth-order valence-electron chi connectivity index (χ4n) is 3.18. The van der Waals surface area contributed by atoms with Crippen molar-refractivity contribution in [2.75, 3.05) is 6.54 Å². The van der Waals surface area contributed by atoms with Gasteiger partial charge in [0.2, 0.25) is 0 Å². The normalized spacial score (nSPS) is 17.5. The van der Waals surface area contributed by atoms with Crippen LogP contribution in [0.1, 0.15) is 23.0 Å². The topological polar surface area (TPSA) is 46.8 Å². The first-order chi connectivity index (χ1) is 12.1. The second-order valence-corrected chi connectivity index (χ2v) is 5.90. The van der Waals surface area contributed by atoms with E-state index in [1.54, 1.807) is 22.9 Å². The van der Waals surface area contributed by atoms with E-state index in [0.29, 0.717) is 24.5 Å². The predicted octanol–water partition coefficient (Wildman–Crippen LogP) is 2.70. The summed E-state index contributed by atoms with van der Waals surface area (Å²) in [6.45, 7) is 1.21. The first-order valence-corrected chi connectivity index (χ1v) is 7.82. The van der Waals surface area contributed by atoms with Gasteiger partial charge < -0.3 is 0 Å². The number of fused-ring (bicyclic) bond motifs is 1. The monoisotopic (exact) mass is 345 g/mol. The van der Waals surface area contributed by atoms with E-state index in [1.807, 2.05) is 4.90 Å². The molecule has 1 atom stereocenters. The van der Waals surface area contributed by atoms with Gasteiger partial charge in [-0.2, -0.15) is 0 Å². The van der Waals surface area contributed by atoms with Crippen LogP contribution in [-0.2, 0) is 13.1 Å². The lowest BCUT2D eigenvalue weighted by Gasteiger charge is -2.35. The molecule has 0 fully saturated rings. The number of benzene rings is 2. The Morgan fingerprint density at radius 3 is 2.72 bits per heavy atom. The lowest BCUT2D eigenvalue weighted by Crippen LogP contribution is -2.39. The van der Waals surface area contributed by atoms with Crippen LogP contribution in [0.4, 0.5) is 13.2 Å². The van der Waals surface area contributed by atoms with Gasteiger partial charge in [0.05, 0.1) is 12.6 Å². The maximum absolute atomic E-state index is 14.1. The first-order valence-electron chi connectivity index (χ1n) is 7.82. The highest BCUT2D eigenvalue weighted by atomic mass is 19.2. The Balaban J connectivity index is 1.74. The Morgan fingerprint density at radius 2 is 1.88 bits per heavy atom. The zero-order valence-electron chi connectivity index (χ0n) is 13.1. The van der Waals surface area contributed by atoms with Crippen molar-refractivity contribution in [1.29, 1.82) is 0 Å². The molecule has 0 aliphatic carbocycles. The van der Waals surface area contributed by atoms with E-state index in [1.165, 1.54) is 18.2 Å². The highest BCUT2D eigenvalue weighted by molar-refractivity contribution is 5.27. The van der Waals surface area contributed by atoms with Crippen LogP contribution in [-0.4, -0.2) is 31.7 Å². The van der Waals surface area contributed by atoms with E-state index in [-0.39, 0.29) is 17.9 Å². The lowest BCUT2D eigenvalue weighted by atomic mass is 10.0. The molecule has 1 aromatic heterocycles. The Kier molecular flexibility index (Phi) is 3.96. The molecule has 1 unspecified atom stereocenters. The minimum atomic E-state index is -0.887. The summed E-state index contributed by atoms with van der Waals surface area (Å²) in [4.78, 5) is 1.92. The fourth-order valence-corrected chi connectivity index (χ4v) is 3.18. The Morgan fingerprint density at radius 1 is 1.04 bits per heavy atom. The van der Waals surface area contributed by atoms with Gasteiger partial charge in [0.25, 0.3) is 0 Å². The molecule has 0 amide bonds. The third-order valence-electron chi connectivity index (χ3n) is 4.34. The van der Waals surface area contributed by atoms with Crippen molar-refractivity contribution >= 4 is 0 Å². The van der Waals surface area contributed by atoms with Crippen molar-refractivity contribution < 1.29 is 13.2 Å². The Labute approximate surface area is 141 Å². The summed E-state index contributed by atoms with van der Waals surface area (Å²) in [5.41, 5.74) is 0.898. The first kappa shape index (κ1) is 15.8. The van der Waals surface area contributed by atoms with Crippen molar-refractivity contribution in [3.8, 4) is 0 Å². The molecule has 1 aliphatic heterocycles. The molecule has 128 valence electrons. The van der Waals surface area contributed by atoms with Gasteiger partial charge in [-0.05, 0) is 34.2 Å². The summed E-state index contributed by atoms with van der Waals surface area (Å²) in [5, 5.41) is 11.7. The van der Waals surface area contributed by atoms with E-state index in [4.69, 9.17) is 0 Å². The quantitative estimate of drug-likeness (QED) is 0.732. The zero-order valence-corrected chi connectivity index (χ0v) is 13.1. The summed E-state index contributed by atoms with van der Waals surface area (Å²) < 4.78 is 43.0. The summed E-state index contributed by atoms with van der Waals surface area (Å²) in [6.07, 6.45) is 0. The van der Waals surface area contributed by atoms with Crippen molar-refractivity contribution in [3.63, 3.8) is 0 Å². The molecule has 8 heteroatoms. The molecule has 3 aromatic rings. The Bertz CT molecular complexity index is 911. The third kappa shape index (κ3) is 2.89. The number of nitrogens with zero attached hydrogens (tertiary/aromatic N) is 5. The summed E-state index contributed by atoms with van der Waals surface area (Å²) >= 11 is 0. The molecule has 0 radical (unpaired) electrons. The molecule has 2 heterocycles. The molecule has 25 heavy (non-hydrogen) atoms. The maximum atomic E-state index is 14.1. The van der Waals surface area contributed by atoms with Gasteiger partial charge in [-0.3, -0.25) is 4.90 Å². The minimum Gasteiger partial charge on any atom is -0.283 e. The van der Waals surface area contributed by atoms with Gasteiger partial charge in [-0.25, -0.2) is 17.9 Å². The SMILES string of the molecule is Fc1cccc(C2c3nnnn3CCN2Cc2cccc(F)c2F)c1. The van der Waals surface area contributed by atoms with Gasteiger partial charge in [0.15, 0.2) is 17.5 Å². The van der Waals surface area contributed by atoms with Gasteiger partial charge in [0, 0.05) is 18.7 Å². The summed E-state index contributed by atoms with van der Waals surface area (Å²) in [7, 11) is 0.